The van der Waals surface area contributed by atoms with Gasteiger partial charge in [-0.05, 0) is 30.5 Å². The minimum atomic E-state index is 0.723. The zero-order valence-electron chi connectivity index (χ0n) is 7.49. The number of rotatable bonds is 1. The summed E-state index contributed by atoms with van der Waals surface area (Å²) in [7, 11) is 0. The Morgan fingerprint density at radius 1 is 1.38 bits per heavy atom. The van der Waals surface area contributed by atoms with Gasteiger partial charge in [0.05, 0.1) is 11.6 Å². The van der Waals surface area contributed by atoms with Gasteiger partial charge in [-0.1, -0.05) is 6.07 Å². The fraction of sp³-hybridized carbons (Fsp3) is 0.182. The van der Waals surface area contributed by atoms with Crippen LogP contribution in [0.4, 0.5) is 0 Å². The smallest absolute Gasteiger partial charge is 0.0992 e. The minimum Gasteiger partial charge on any atom is -0.348 e. The molecule has 0 saturated heterocycles. The topological polar surface area (TPSA) is 28.7 Å². The maximum Gasteiger partial charge on any atom is 0.0992 e. The van der Waals surface area contributed by atoms with Crippen molar-refractivity contribution in [2.24, 2.45) is 0 Å². The zero-order valence-corrected chi connectivity index (χ0v) is 7.49. The van der Waals surface area contributed by atoms with E-state index in [0.29, 0.717) is 0 Å². The highest BCUT2D eigenvalue weighted by Gasteiger charge is 1.99. The van der Waals surface area contributed by atoms with E-state index in [1.54, 1.807) is 0 Å². The maximum absolute atomic E-state index is 8.74. The fourth-order valence-electron chi connectivity index (χ4n) is 1.53. The maximum atomic E-state index is 8.74. The lowest BCUT2D eigenvalue weighted by atomic mass is 10.2. The van der Waals surface area contributed by atoms with Crippen molar-refractivity contribution in [3.8, 4) is 6.07 Å². The fourth-order valence-corrected chi connectivity index (χ4v) is 1.53. The average molecular weight is 170 g/mol. The van der Waals surface area contributed by atoms with Gasteiger partial charge in [0.1, 0.15) is 0 Å². The Kier molecular flexibility index (Phi) is 1.79. The molecule has 0 spiro atoms. The molecule has 2 rings (SSSR count). The van der Waals surface area contributed by atoms with Crippen molar-refractivity contribution in [2.75, 3.05) is 0 Å². The van der Waals surface area contributed by atoms with Gasteiger partial charge in [0, 0.05) is 18.3 Å². The van der Waals surface area contributed by atoms with Crippen LogP contribution in [0, 0.1) is 11.3 Å². The first-order valence-electron chi connectivity index (χ1n) is 4.34. The summed E-state index contributed by atoms with van der Waals surface area (Å²) in [6.45, 7) is 3.04. The molecule has 0 N–H and O–H groups in total. The lowest BCUT2D eigenvalue weighted by molar-refractivity contribution is 0.797. The quantitative estimate of drug-likeness (QED) is 0.646. The first-order valence-corrected chi connectivity index (χ1v) is 4.34. The second kappa shape index (κ2) is 2.95. The Balaban J connectivity index is 2.73. The highest BCUT2D eigenvalue weighted by molar-refractivity contribution is 5.81. The molecule has 0 unspecified atom stereocenters. The molecule has 0 aliphatic carbocycles. The van der Waals surface area contributed by atoms with Crippen molar-refractivity contribution in [3.63, 3.8) is 0 Å². The summed E-state index contributed by atoms with van der Waals surface area (Å²) in [6, 6.07) is 9.98. The summed E-state index contributed by atoms with van der Waals surface area (Å²) in [4.78, 5) is 0. The molecule has 1 aromatic heterocycles. The standard InChI is InChI=1S/C11H10N2/c1-2-13-6-5-10-4-3-9(8-12)7-11(10)13/h3-7H,2H2,1H3. The van der Waals surface area contributed by atoms with Gasteiger partial charge in [-0.25, -0.2) is 0 Å². The number of aryl methyl sites for hydroxylation is 1. The zero-order chi connectivity index (χ0) is 9.26. The van der Waals surface area contributed by atoms with Crippen LogP contribution >= 0.6 is 0 Å². The highest BCUT2D eigenvalue weighted by Crippen LogP contribution is 2.16. The predicted octanol–water partition coefficient (Wildman–Crippen LogP) is 2.53. The first-order chi connectivity index (χ1) is 6.35. The second-order valence-corrected chi connectivity index (χ2v) is 2.99. The largest absolute Gasteiger partial charge is 0.348 e. The number of hydrogen-bond acceptors (Lipinski definition) is 1. The molecule has 0 aliphatic heterocycles. The molecule has 0 radical (unpaired) electrons. The molecule has 2 heteroatoms. The van der Waals surface area contributed by atoms with E-state index in [1.165, 1.54) is 5.39 Å². The second-order valence-electron chi connectivity index (χ2n) is 2.99. The van der Waals surface area contributed by atoms with Gasteiger partial charge < -0.3 is 4.57 Å². The van der Waals surface area contributed by atoms with E-state index < -0.39 is 0 Å². The van der Waals surface area contributed by atoms with E-state index >= 15 is 0 Å². The molecular formula is C11H10N2. The SMILES string of the molecule is CCn1ccc2ccc(C#N)cc21. The van der Waals surface area contributed by atoms with Crippen LogP contribution in [0.15, 0.2) is 30.5 Å². The molecule has 2 aromatic rings. The Morgan fingerprint density at radius 3 is 2.92 bits per heavy atom. The number of nitrogens with zero attached hydrogens (tertiary/aromatic N) is 2. The van der Waals surface area contributed by atoms with E-state index in [-0.39, 0.29) is 0 Å². The predicted molar refractivity (Wildman–Crippen MR) is 52.3 cm³/mol. The normalized spacial score (nSPS) is 10.2. The summed E-state index contributed by atoms with van der Waals surface area (Å²) in [5.74, 6) is 0. The summed E-state index contributed by atoms with van der Waals surface area (Å²) < 4.78 is 2.14. The summed E-state index contributed by atoms with van der Waals surface area (Å²) in [5.41, 5.74) is 1.86. The molecular weight excluding hydrogens is 160 g/mol. The molecule has 0 aliphatic rings. The summed E-state index contributed by atoms with van der Waals surface area (Å²) in [6.07, 6.45) is 2.05. The molecule has 0 atom stereocenters. The first kappa shape index (κ1) is 7.88. The third-order valence-corrected chi connectivity index (χ3v) is 2.24. The third kappa shape index (κ3) is 1.19. The Bertz CT molecular complexity index is 474. The van der Waals surface area contributed by atoms with E-state index in [0.717, 1.165) is 17.6 Å². The lowest BCUT2D eigenvalue weighted by Crippen LogP contribution is -1.90. The number of aromatic nitrogens is 1. The third-order valence-electron chi connectivity index (χ3n) is 2.24. The molecule has 0 bridgehead atoms. The molecule has 1 aromatic carbocycles. The van der Waals surface area contributed by atoms with Gasteiger partial charge in [0.25, 0.3) is 0 Å². The Morgan fingerprint density at radius 2 is 2.23 bits per heavy atom. The molecule has 13 heavy (non-hydrogen) atoms. The minimum absolute atomic E-state index is 0.723. The van der Waals surface area contributed by atoms with Gasteiger partial charge in [-0.3, -0.25) is 0 Å². The van der Waals surface area contributed by atoms with Crippen molar-refractivity contribution in [1.29, 1.82) is 5.26 Å². The number of hydrogen-bond donors (Lipinski definition) is 0. The van der Waals surface area contributed by atoms with Crippen molar-refractivity contribution >= 4 is 10.9 Å². The van der Waals surface area contributed by atoms with Crippen LogP contribution in [0.5, 0.6) is 0 Å². The van der Waals surface area contributed by atoms with E-state index in [2.05, 4.69) is 23.6 Å². The number of nitriles is 1. The molecule has 1 heterocycles. The van der Waals surface area contributed by atoms with Crippen molar-refractivity contribution in [3.05, 3.63) is 36.0 Å². The van der Waals surface area contributed by atoms with Gasteiger partial charge in [-0.15, -0.1) is 0 Å². The molecule has 64 valence electrons. The van der Waals surface area contributed by atoms with Gasteiger partial charge in [0.15, 0.2) is 0 Å². The molecule has 2 nitrogen and oxygen atoms in total. The lowest BCUT2D eigenvalue weighted by Gasteiger charge is -1.99. The van der Waals surface area contributed by atoms with Crippen LogP contribution in [0.1, 0.15) is 12.5 Å². The molecule has 0 amide bonds. The summed E-state index contributed by atoms with van der Waals surface area (Å²) >= 11 is 0. The van der Waals surface area contributed by atoms with E-state index in [9.17, 15) is 0 Å². The monoisotopic (exact) mass is 170 g/mol. The van der Waals surface area contributed by atoms with Crippen LogP contribution in [0.3, 0.4) is 0 Å². The van der Waals surface area contributed by atoms with Crippen molar-refractivity contribution in [2.45, 2.75) is 13.5 Å². The van der Waals surface area contributed by atoms with Gasteiger partial charge in [0.2, 0.25) is 0 Å². The molecule has 0 fully saturated rings. The van der Waals surface area contributed by atoms with E-state index in [4.69, 9.17) is 5.26 Å². The van der Waals surface area contributed by atoms with Crippen LogP contribution < -0.4 is 0 Å². The van der Waals surface area contributed by atoms with Crippen LogP contribution in [0.2, 0.25) is 0 Å². The Labute approximate surface area is 77.0 Å². The van der Waals surface area contributed by atoms with Gasteiger partial charge in [-0.2, -0.15) is 5.26 Å². The van der Waals surface area contributed by atoms with Crippen LogP contribution in [0.25, 0.3) is 10.9 Å². The van der Waals surface area contributed by atoms with Crippen molar-refractivity contribution < 1.29 is 0 Å². The van der Waals surface area contributed by atoms with Crippen LogP contribution in [-0.4, -0.2) is 4.57 Å². The number of fused-ring (bicyclic) bond motifs is 1. The van der Waals surface area contributed by atoms with Gasteiger partial charge >= 0.3 is 0 Å². The average Bonchev–Trinajstić information content (AvgIpc) is 2.59. The number of benzene rings is 1. The summed E-state index contributed by atoms with van der Waals surface area (Å²) in [5, 5.41) is 9.93. The molecule has 0 saturated carbocycles. The highest BCUT2D eigenvalue weighted by atomic mass is 14.9. The van der Waals surface area contributed by atoms with Crippen LogP contribution in [-0.2, 0) is 6.54 Å². The Hall–Kier alpha value is -1.75. The van der Waals surface area contributed by atoms with Crippen molar-refractivity contribution in [1.82, 2.24) is 4.57 Å². The van der Waals surface area contributed by atoms with E-state index in [1.807, 2.05) is 24.4 Å².